The van der Waals surface area contributed by atoms with E-state index in [0.717, 1.165) is 22.5 Å². The minimum absolute atomic E-state index is 0. The maximum Gasteiger partial charge on any atom is 0.434 e. The predicted molar refractivity (Wildman–Crippen MR) is 104 cm³/mol. The van der Waals surface area contributed by atoms with E-state index in [1.807, 2.05) is 18.5 Å². The number of guanidine groups is 1. The van der Waals surface area contributed by atoms with Crippen molar-refractivity contribution in [3.63, 3.8) is 0 Å². The van der Waals surface area contributed by atoms with Crippen LogP contribution in [0.3, 0.4) is 0 Å². The van der Waals surface area contributed by atoms with E-state index in [2.05, 4.69) is 37.4 Å². The highest BCUT2D eigenvalue weighted by molar-refractivity contribution is 14.0. The zero-order chi connectivity index (χ0) is 18.4. The third kappa shape index (κ3) is 6.23. The van der Waals surface area contributed by atoms with Gasteiger partial charge in [-0.05, 0) is 6.92 Å². The molecule has 0 spiro atoms. The van der Waals surface area contributed by atoms with Crippen LogP contribution in [0.5, 0.6) is 0 Å². The largest absolute Gasteiger partial charge is 0.434 e. The van der Waals surface area contributed by atoms with E-state index in [4.69, 9.17) is 0 Å². The lowest BCUT2D eigenvalue weighted by atomic mass is 10.5. The van der Waals surface area contributed by atoms with Gasteiger partial charge in [-0.3, -0.25) is 0 Å². The Morgan fingerprint density at radius 3 is 2.65 bits per heavy atom. The first kappa shape index (κ1) is 22.3. The van der Waals surface area contributed by atoms with Crippen LogP contribution in [0.4, 0.5) is 13.2 Å². The number of aliphatic imine (C=N–C) groups is 1. The van der Waals surface area contributed by atoms with E-state index < -0.39 is 11.9 Å². The maximum absolute atomic E-state index is 12.6. The zero-order valence-corrected chi connectivity index (χ0v) is 17.3. The monoisotopic (exact) mass is 501 g/mol. The van der Waals surface area contributed by atoms with E-state index in [0.29, 0.717) is 23.3 Å². The van der Waals surface area contributed by atoms with Crippen molar-refractivity contribution < 1.29 is 13.2 Å². The SMILES string of the molecule is C=CCNC(=NCc1nnc(C)n1C)NCc1nc(C(F)(F)F)cs1.I. The number of aryl methyl sites for hydroxylation is 1. The van der Waals surface area contributed by atoms with Crippen molar-refractivity contribution in [3.05, 3.63) is 40.4 Å². The molecule has 0 saturated heterocycles. The molecule has 2 aromatic heterocycles. The highest BCUT2D eigenvalue weighted by Crippen LogP contribution is 2.29. The van der Waals surface area contributed by atoms with Crippen molar-refractivity contribution in [2.75, 3.05) is 6.54 Å². The minimum atomic E-state index is -4.43. The Hall–Kier alpha value is -1.70. The standard InChI is InChI=1S/C14H18F3N7S.HI/c1-4-5-18-13(19-6-11-23-22-9(2)24(11)3)20-7-12-21-10(8-25-12)14(15,16)17;/h4,8H,1,5-7H2,2-3H3,(H2,18,19,20);1H. The predicted octanol–water partition coefficient (Wildman–Crippen LogP) is 2.64. The summed E-state index contributed by atoms with van der Waals surface area (Å²) in [5.41, 5.74) is -0.888. The summed E-state index contributed by atoms with van der Waals surface area (Å²) in [4.78, 5) is 7.93. The molecule has 2 aromatic rings. The summed E-state index contributed by atoms with van der Waals surface area (Å²) >= 11 is 0.939. The van der Waals surface area contributed by atoms with Crippen LogP contribution in [0.1, 0.15) is 22.4 Å². The molecule has 0 saturated carbocycles. The minimum Gasteiger partial charge on any atom is -0.353 e. The van der Waals surface area contributed by atoms with Crippen LogP contribution in [0.2, 0.25) is 0 Å². The molecular weight excluding hydrogens is 482 g/mol. The molecule has 0 aliphatic rings. The van der Waals surface area contributed by atoms with Crippen LogP contribution < -0.4 is 10.6 Å². The fourth-order valence-electron chi connectivity index (χ4n) is 1.76. The number of hydrogen-bond acceptors (Lipinski definition) is 5. The molecule has 0 bridgehead atoms. The summed E-state index contributed by atoms with van der Waals surface area (Å²) in [6.07, 6.45) is -2.79. The normalized spacial score (nSPS) is 11.8. The van der Waals surface area contributed by atoms with Gasteiger partial charge in [0.25, 0.3) is 0 Å². The van der Waals surface area contributed by atoms with E-state index in [1.165, 1.54) is 0 Å². The maximum atomic E-state index is 12.6. The topological polar surface area (TPSA) is 80.0 Å². The molecule has 0 aliphatic carbocycles. The number of nitrogens with one attached hydrogen (secondary N) is 2. The molecule has 0 aromatic carbocycles. The van der Waals surface area contributed by atoms with Crippen molar-refractivity contribution in [1.29, 1.82) is 0 Å². The molecule has 0 radical (unpaired) electrons. The molecule has 0 atom stereocenters. The number of alkyl halides is 3. The van der Waals surface area contributed by atoms with Gasteiger partial charge in [-0.1, -0.05) is 6.08 Å². The van der Waals surface area contributed by atoms with Crippen LogP contribution in [0, 0.1) is 6.92 Å². The second kappa shape index (κ2) is 9.85. The quantitative estimate of drug-likeness (QED) is 0.276. The lowest BCUT2D eigenvalue weighted by Crippen LogP contribution is -2.37. The summed E-state index contributed by atoms with van der Waals surface area (Å²) in [5, 5.41) is 15.2. The van der Waals surface area contributed by atoms with Crippen molar-refractivity contribution in [2.24, 2.45) is 12.0 Å². The summed E-state index contributed by atoms with van der Waals surface area (Å²) in [6.45, 7) is 6.29. The van der Waals surface area contributed by atoms with Crippen LogP contribution >= 0.6 is 35.3 Å². The molecule has 2 rings (SSSR count). The smallest absolute Gasteiger partial charge is 0.353 e. The Bertz CT molecular complexity index is 754. The molecule has 0 aliphatic heterocycles. The lowest BCUT2D eigenvalue weighted by Gasteiger charge is -2.10. The van der Waals surface area contributed by atoms with Gasteiger partial charge in [-0.2, -0.15) is 13.2 Å². The molecule has 144 valence electrons. The molecule has 0 fully saturated rings. The summed E-state index contributed by atoms with van der Waals surface area (Å²) in [6, 6.07) is 0. The zero-order valence-electron chi connectivity index (χ0n) is 14.2. The molecule has 26 heavy (non-hydrogen) atoms. The third-order valence-electron chi connectivity index (χ3n) is 3.22. The van der Waals surface area contributed by atoms with Gasteiger partial charge in [0.15, 0.2) is 17.5 Å². The van der Waals surface area contributed by atoms with Gasteiger partial charge in [0.2, 0.25) is 0 Å². The Labute approximate surface area is 169 Å². The number of nitrogens with zero attached hydrogens (tertiary/aromatic N) is 5. The Morgan fingerprint density at radius 2 is 2.12 bits per heavy atom. The average molecular weight is 501 g/mol. The molecule has 7 nitrogen and oxygen atoms in total. The molecule has 2 heterocycles. The molecule has 0 unspecified atom stereocenters. The summed E-state index contributed by atoms with van der Waals surface area (Å²) in [5.74, 6) is 1.86. The van der Waals surface area contributed by atoms with E-state index >= 15 is 0 Å². The number of hydrogen-bond donors (Lipinski definition) is 2. The van der Waals surface area contributed by atoms with Gasteiger partial charge in [-0.15, -0.1) is 52.1 Å². The first-order chi connectivity index (χ1) is 11.8. The van der Waals surface area contributed by atoms with Gasteiger partial charge < -0.3 is 15.2 Å². The van der Waals surface area contributed by atoms with Crippen LogP contribution in [-0.2, 0) is 26.3 Å². The number of thiazole rings is 1. The summed E-state index contributed by atoms with van der Waals surface area (Å²) in [7, 11) is 1.83. The van der Waals surface area contributed by atoms with Gasteiger partial charge >= 0.3 is 6.18 Å². The van der Waals surface area contributed by atoms with Crippen molar-refractivity contribution in [3.8, 4) is 0 Å². The molecular formula is C14H19F3IN7S. The first-order valence-electron chi connectivity index (χ1n) is 7.30. The number of rotatable bonds is 6. The van der Waals surface area contributed by atoms with E-state index in [1.54, 1.807) is 6.08 Å². The second-order valence-corrected chi connectivity index (χ2v) is 5.98. The number of aromatic nitrogens is 4. The first-order valence-corrected chi connectivity index (χ1v) is 8.18. The van der Waals surface area contributed by atoms with Crippen LogP contribution in [-0.4, -0.2) is 32.3 Å². The Balaban J connectivity index is 0.00000338. The lowest BCUT2D eigenvalue weighted by molar-refractivity contribution is -0.140. The van der Waals surface area contributed by atoms with E-state index in [9.17, 15) is 13.2 Å². The van der Waals surface area contributed by atoms with Gasteiger partial charge in [0.1, 0.15) is 17.4 Å². The summed E-state index contributed by atoms with van der Waals surface area (Å²) < 4.78 is 39.5. The van der Waals surface area contributed by atoms with Gasteiger partial charge in [0.05, 0.1) is 6.54 Å². The molecule has 2 N–H and O–H groups in total. The van der Waals surface area contributed by atoms with Crippen LogP contribution in [0.25, 0.3) is 0 Å². The van der Waals surface area contributed by atoms with Crippen molar-refractivity contribution >= 4 is 41.3 Å². The molecule has 12 heteroatoms. The highest BCUT2D eigenvalue weighted by Gasteiger charge is 2.33. The van der Waals surface area contributed by atoms with Crippen molar-refractivity contribution in [2.45, 2.75) is 26.2 Å². The van der Waals surface area contributed by atoms with Crippen LogP contribution in [0.15, 0.2) is 23.0 Å². The Morgan fingerprint density at radius 1 is 1.38 bits per heavy atom. The number of halogens is 4. The highest BCUT2D eigenvalue weighted by atomic mass is 127. The second-order valence-electron chi connectivity index (χ2n) is 5.03. The van der Waals surface area contributed by atoms with Gasteiger partial charge in [0, 0.05) is 19.0 Å². The van der Waals surface area contributed by atoms with Crippen molar-refractivity contribution in [1.82, 2.24) is 30.4 Å². The third-order valence-corrected chi connectivity index (χ3v) is 4.07. The fourth-order valence-corrected chi connectivity index (χ4v) is 2.50. The molecule has 0 amide bonds. The Kier molecular flexibility index (Phi) is 8.46. The average Bonchev–Trinajstić information content (AvgIpc) is 3.15. The fraction of sp³-hybridized carbons (Fsp3) is 0.429. The van der Waals surface area contributed by atoms with E-state index in [-0.39, 0.29) is 37.1 Å². The van der Waals surface area contributed by atoms with Gasteiger partial charge in [-0.25, -0.2) is 9.98 Å².